The zero-order valence-corrected chi connectivity index (χ0v) is 11.3. The van der Waals surface area contributed by atoms with Gasteiger partial charge in [0.15, 0.2) is 9.84 Å². The maximum atomic E-state index is 11.7. The van der Waals surface area contributed by atoms with Crippen LogP contribution in [0.2, 0.25) is 0 Å². The van der Waals surface area contributed by atoms with Crippen LogP contribution in [0.3, 0.4) is 0 Å². The van der Waals surface area contributed by atoms with Crippen LogP contribution in [0.15, 0.2) is 0 Å². The van der Waals surface area contributed by atoms with Gasteiger partial charge in [0.1, 0.15) is 5.25 Å². The van der Waals surface area contributed by atoms with E-state index in [-0.39, 0.29) is 5.75 Å². The molecule has 0 aliphatic heterocycles. The van der Waals surface area contributed by atoms with Crippen LogP contribution in [0.1, 0.15) is 19.8 Å². The SMILES string of the molecule is COCCCNC(=O)C(C)S(=O)(=O)CCCN. The van der Waals surface area contributed by atoms with Crippen molar-refractivity contribution in [3.8, 4) is 0 Å². The molecule has 1 unspecified atom stereocenters. The molecule has 1 amide bonds. The van der Waals surface area contributed by atoms with Crippen molar-refractivity contribution in [1.82, 2.24) is 5.32 Å². The number of hydrogen-bond donors (Lipinski definition) is 2. The highest BCUT2D eigenvalue weighted by molar-refractivity contribution is 7.92. The van der Waals surface area contributed by atoms with E-state index in [4.69, 9.17) is 10.5 Å². The van der Waals surface area contributed by atoms with E-state index in [2.05, 4.69) is 5.32 Å². The maximum Gasteiger partial charge on any atom is 0.238 e. The van der Waals surface area contributed by atoms with Crippen molar-refractivity contribution < 1.29 is 17.9 Å². The number of methoxy groups -OCH3 is 1. The minimum absolute atomic E-state index is 0.0455. The van der Waals surface area contributed by atoms with Gasteiger partial charge < -0.3 is 15.8 Å². The smallest absolute Gasteiger partial charge is 0.238 e. The summed E-state index contributed by atoms with van der Waals surface area (Å²) in [6.07, 6.45) is 1.04. The molecular formula is C10H22N2O4S. The van der Waals surface area contributed by atoms with Crippen molar-refractivity contribution in [1.29, 1.82) is 0 Å². The van der Waals surface area contributed by atoms with Gasteiger partial charge in [0, 0.05) is 20.3 Å². The lowest BCUT2D eigenvalue weighted by molar-refractivity contribution is -0.120. The number of sulfone groups is 1. The zero-order chi connectivity index (χ0) is 13.3. The molecule has 3 N–H and O–H groups in total. The minimum Gasteiger partial charge on any atom is -0.385 e. The average Bonchev–Trinajstić information content (AvgIpc) is 2.31. The Morgan fingerprint density at radius 1 is 1.41 bits per heavy atom. The molecule has 0 fully saturated rings. The first-order valence-electron chi connectivity index (χ1n) is 5.64. The molecule has 102 valence electrons. The van der Waals surface area contributed by atoms with Crippen LogP contribution < -0.4 is 11.1 Å². The molecule has 0 aliphatic carbocycles. The standard InChI is InChI=1S/C10H22N2O4S/c1-9(17(14,15)8-3-5-11)10(13)12-6-4-7-16-2/h9H,3-8,11H2,1-2H3,(H,12,13). The summed E-state index contributed by atoms with van der Waals surface area (Å²) < 4.78 is 28.2. The van der Waals surface area contributed by atoms with E-state index < -0.39 is 21.0 Å². The summed E-state index contributed by atoms with van der Waals surface area (Å²) in [5, 5.41) is 1.55. The molecule has 0 saturated carbocycles. The van der Waals surface area contributed by atoms with Gasteiger partial charge in [-0.3, -0.25) is 4.79 Å². The van der Waals surface area contributed by atoms with Crippen molar-refractivity contribution in [3.05, 3.63) is 0 Å². The quantitative estimate of drug-likeness (QED) is 0.537. The van der Waals surface area contributed by atoms with E-state index in [1.165, 1.54) is 6.92 Å². The Kier molecular flexibility index (Phi) is 8.11. The molecule has 0 rings (SSSR count). The summed E-state index contributed by atoms with van der Waals surface area (Å²) in [7, 11) is -1.82. The summed E-state index contributed by atoms with van der Waals surface area (Å²) in [4.78, 5) is 11.6. The first kappa shape index (κ1) is 16.3. The molecule has 7 heteroatoms. The lowest BCUT2D eigenvalue weighted by Crippen LogP contribution is -2.39. The highest BCUT2D eigenvalue weighted by Gasteiger charge is 2.26. The topological polar surface area (TPSA) is 98.5 Å². The monoisotopic (exact) mass is 266 g/mol. The van der Waals surface area contributed by atoms with E-state index in [1.807, 2.05) is 0 Å². The molecule has 0 spiro atoms. The van der Waals surface area contributed by atoms with Gasteiger partial charge in [0.2, 0.25) is 5.91 Å². The van der Waals surface area contributed by atoms with Crippen molar-refractivity contribution in [2.45, 2.75) is 25.0 Å². The summed E-state index contributed by atoms with van der Waals surface area (Å²) in [6, 6.07) is 0. The van der Waals surface area contributed by atoms with Crippen LogP contribution in [-0.2, 0) is 19.4 Å². The normalized spacial score (nSPS) is 13.4. The van der Waals surface area contributed by atoms with Crippen LogP contribution in [-0.4, -0.2) is 52.1 Å². The van der Waals surface area contributed by atoms with Crippen molar-refractivity contribution >= 4 is 15.7 Å². The summed E-state index contributed by atoms with van der Waals surface area (Å²) in [5.74, 6) is -0.506. The van der Waals surface area contributed by atoms with Crippen LogP contribution >= 0.6 is 0 Å². The van der Waals surface area contributed by atoms with Crippen LogP contribution in [0.25, 0.3) is 0 Å². The second-order valence-corrected chi connectivity index (χ2v) is 6.23. The number of ether oxygens (including phenoxy) is 1. The van der Waals surface area contributed by atoms with E-state index in [0.29, 0.717) is 32.5 Å². The first-order valence-corrected chi connectivity index (χ1v) is 7.35. The fourth-order valence-corrected chi connectivity index (χ4v) is 2.53. The molecule has 0 aliphatic rings. The third kappa shape index (κ3) is 6.60. The van der Waals surface area contributed by atoms with Gasteiger partial charge in [0.25, 0.3) is 0 Å². The highest BCUT2D eigenvalue weighted by Crippen LogP contribution is 2.03. The Balaban J connectivity index is 4.11. The van der Waals surface area contributed by atoms with Gasteiger partial charge >= 0.3 is 0 Å². The maximum absolute atomic E-state index is 11.7. The van der Waals surface area contributed by atoms with Crippen molar-refractivity contribution in [2.75, 3.05) is 32.6 Å². The third-order valence-corrected chi connectivity index (χ3v) is 4.51. The number of carbonyl (C=O) groups excluding carboxylic acids is 1. The van der Waals surface area contributed by atoms with Crippen molar-refractivity contribution in [3.63, 3.8) is 0 Å². The van der Waals surface area contributed by atoms with Gasteiger partial charge in [-0.15, -0.1) is 0 Å². The lowest BCUT2D eigenvalue weighted by atomic mass is 10.4. The van der Waals surface area contributed by atoms with E-state index in [0.717, 1.165) is 0 Å². The largest absolute Gasteiger partial charge is 0.385 e. The molecule has 0 aromatic heterocycles. The Labute approximate surface area is 103 Å². The lowest BCUT2D eigenvalue weighted by Gasteiger charge is -2.12. The fourth-order valence-electron chi connectivity index (χ4n) is 1.20. The molecule has 0 saturated heterocycles. The minimum atomic E-state index is -3.39. The number of nitrogens with two attached hydrogens (primary N) is 1. The Hall–Kier alpha value is -0.660. The van der Waals surface area contributed by atoms with E-state index in [9.17, 15) is 13.2 Å². The molecule has 6 nitrogen and oxygen atoms in total. The van der Waals surface area contributed by atoms with Gasteiger partial charge in [-0.1, -0.05) is 0 Å². The van der Waals surface area contributed by atoms with Gasteiger partial charge in [-0.2, -0.15) is 0 Å². The molecule has 0 bridgehead atoms. The Morgan fingerprint density at radius 3 is 2.59 bits per heavy atom. The summed E-state index contributed by atoms with van der Waals surface area (Å²) >= 11 is 0. The van der Waals surface area contributed by atoms with Gasteiger partial charge in [0.05, 0.1) is 5.75 Å². The summed E-state index contributed by atoms with van der Waals surface area (Å²) in [6.45, 7) is 2.66. The van der Waals surface area contributed by atoms with E-state index in [1.54, 1.807) is 7.11 Å². The highest BCUT2D eigenvalue weighted by atomic mass is 32.2. The predicted octanol–water partition coefficient (Wildman–Crippen LogP) is -0.709. The molecule has 17 heavy (non-hydrogen) atoms. The molecule has 0 aromatic rings. The van der Waals surface area contributed by atoms with Gasteiger partial charge in [-0.05, 0) is 26.3 Å². The number of amides is 1. The van der Waals surface area contributed by atoms with Crippen molar-refractivity contribution in [2.24, 2.45) is 5.73 Å². The molecular weight excluding hydrogens is 244 g/mol. The number of nitrogens with one attached hydrogen (secondary N) is 1. The van der Waals surface area contributed by atoms with Gasteiger partial charge in [-0.25, -0.2) is 8.42 Å². The Bertz CT molecular complexity index is 316. The first-order chi connectivity index (χ1) is 7.95. The average molecular weight is 266 g/mol. The van der Waals surface area contributed by atoms with E-state index >= 15 is 0 Å². The number of carbonyl (C=O) groups is 1. The third-order valence-electron chi connectivity index (χ3n) is 2.37. The van der Waals surface area contributed by atoms with Crippen LogP contribution in [0.4, 0.5) is 0 Å². The second kappa shape index (κ2) is 8.43. The second-order valence-electron chi connectivity index (χ2n) is 3.79. The molecule has 0 heterocycles. The molecule has 0 radical (unpaired) electrons. The summed E-state index contributed by atoms with van der Waals surface area (Å²) in [5.41, 5.74) is 5.25. The fraction of sp³-hybridized carbons (Fsp3) is 0.900. The number of hydrogen-bond acceptors (Lipinski definition) is 5. The van der Waals surface area contributed by atoms with Crippen LogP contribution in [0.5, 0.6) is 0 Å². The number of rotatable bonds is 9. The molecule has 1 atom stereocenters. The Morgan fingerprint density at radius 2 is 2.06 bits per heavy atom. The van der Waals surface area contributed by atoms with Crippen LogP contribution in [0, 0.1) is 0 Å². The molecule has 0 aromatic carbocycles. The zero-order valence-electron chi connectivity index (χ0n) is 10.4. The predicted molar refractivity (Wildman–Crippen MR) is 66.4 cm³/mol.